The summed E-state index contributed by atoms with van der Waals surface area (Å²) >= 11 is 0. The molecule has 2 rings (SSSR count). The maximum Gasteiger partial charge on any atom is 0.339 e. The normalized spacial score (nSPS) is 11.8. The Hall–Kier alpha value is -2.67. The van der Waals surface area contributed by atoms with Gasteiger partial charge in [0.1, 0.15) is 11.3 Å². The molecule has 0 radical (unpaired) electrons. The second-order valence-corrected chi connectivity index (χ2v) is 5.16. The summed E-state index contributed by atoms with van der Waals surface area (Å²) in [4.78, 5) is 19.9. The predicted octanol–water partition coefficient (Wildman–Crippen LogP) is 2.42. The maximum atomic E-state index is 11.4. The monoisotopic (exact) mass is 331 g/mol. The Labute approximate surface area is 140 Å². The number of carboxylic acids is 1. The molecule has 7 heteroatoms. The van der Waals surface area contributed by atoms with Crippen LogP contribution in [0.5, 0.6) is 5.75 Å². The minimum absolute atomic E-state index is 0.0869. The van der Waals surface area contributed by atoms with E-state index in [2.05, 4.69) is 15.3 Å². The zero-order valence-electron chi connectivity index (χ0n) is 13.7. The lowest BCUT2D eigenvalue weighted by Gasteiger charge is -2.11. The van der Waals surface area contributed by atoms with E-state index in [4.69, 9.17) is 4.74 Å². The summed E-state index contributed by atoms with van der Waals surface area (Å²) in [6.45, 7) is 4.42. The molecule has 0 aliphatic carbocycles. The first-order chi connectivity index (χ1) is 11.5. The van der Waals surface area contributed by atoms with Crippen molar-refractivity contribution in [2.45, 2.75) is 26.4 Å². The highest BCUT2D eigenvalue weighted by Crippen LogP contribution is 2.26. The molecule has 3 N–H and O–H groups in total. The minimum atomic E-state index is -1.06. The fourth-order valence-electron chi connectivity index (χ4n) is 2.10. The van der Waals surface area contributed by atoms with Gasteiger partial charge in [0.15, 0.2) is 0 Å². The van der Waals surface area contributed by atoms with Crippen LogP contribution < -0.4 is 10.1 Å². The number of ether oxygens (including phenoxy) is 1. The summed E-state index contributed by atoms with van der Waals surface area (Å²) in [6.07, 6.45) is 1.74. The number of anilines is 1. The van der Waals surface area contributed by atoms with Crippen molar-refractivity contribution in [3.05, 3.63) is 36.0 Å². The van der Waals surface area contributed by atoms with Crippen LogP contribution in [0.25, 0.3) is 11.3 Å². The molecule has 1 aromatic carbocycles. The summed E-state index contributed by atoms with van der Waals surface area (Å²) in [5.74, 6) is -0.350. The van der Waals surface area contributed by atoms with Crippen LogP contribution in [0.2, 0.25) is 0 Å². The number of carboxylic acid groups (broad SMARTS) is 1. The molecule has 0 spiro atoms. The highest BCUT2D eigenvalue weighted by atomic mass is 16.5. The van der Waals surface area contributed by atoms with E-state index in [0.29, 0.717) is 42.5 Å². The molecule has 1 heterocycles. The van der Waals surface area contributed by atoms with E-state index >= 15 is 0 Å². The molecular formula is C17H21N3O4. The number of aromatic carboxylic acids is 1. The second kappa shape index (κ2) is 8.26. The Balaban J connectivity index is 2.28. The molecule has 0 saturated carbocycles. The quantitative estimate of drug-likeness (QED) is 0.682. The Bertz CT molecular complexity index is 706. The Kier molecular flexibility index (Phi) is 6.08. The van der Waals surface area contributed by atoms with Gasteiger partial charge in [0.05, 0.1) is 18.4 Å². The topological polar surface area (TPSA) is 105 Å². The van der Waals surface area contributed by atoms with E-state index in [1.807, 2.05) is 6.92 Å². The number of benzene rings is 1. The van der Waals surface area contributed by atoms with Gasteiger partial charge in [-0.1, -0.05) is 6.92 Å². The van der Waals surface area contributed by atoms with E-state index in [1.54, 1.807) is 31.3 Å². The molecule has 7 nitrogen and oxygen atoms in total. The van der Waals surface area contributed by atoms with E-state index < -0.39 is 12.1 Å². The standard InChI is InChI=1S/C17H21N3O4/c1-3-12(21)10-19-17-18-8-7-14(20-17)11-5-6-15(24-4-2)13(9-11)16(22)23/h5-9,12,21H,3-4,10H2,1-2H3,(H,22,23)(H,18,19,20). The molecule has 0 aliphatic heterocycles. The summed E-state index contributed by atoms with van der Waals surface area (Å²) in [5, 5.41) is 21.9. The van der Waals surface area contributed by atoms with Crippen LogP contribution >= 0.6 is 0 Å². The fraction of sp³-hybridized carbons (Fsp3) is 0.353. The van der Waals surface area contributed by atoms with Crippen molar-refractivity contribution >= 4 is 11.9 Å². The number of aliphatic hydroxyl groups excluding tert-OH is 1. The molecule has 0 saturated heterocycles. The van der Waals surface area contributed by atoms with Gasteiger partial charge in [0, 0.05) is 18.3 Å². The third-order valence-corrected chi connectivity index (χ3v) is 3.43. The molecule has 0 bridgehead atoms. The summed E-state index contributed by atoms with van der Waals surface area (Å²) < 4.78 is 5.34. The second-order valence-electron chi connectivity index (χ2n) is 5.16. The smallest absolute Gasteiger partial charge is 0.339 e. The van der Waals surface area contributed by atoms with Crippen molar-refractivity contribution in [2.75, 3.05) is 18.5 Å². The van der Waals surface area contributed by atoms with Crippen LogP contribution in [0.15, 0.2) is 30.5 Å². The first-order valence-electron chi connectivity index (χ1n) is 7.80. The van der Waals surface area contributed by atoms with Crippen molar-refractivity contribution in [1.82, 2.24) is 9.97 Å². The van der Waals surface area contributed by atoms with E-state index in [1.165, 1.54) is 6.07 Å². The third-order valence-electron chi connectivity index (χ3n) is 3.43. The van der Waals surface area contributed by atoms with Gasteiger partial charge in [-0.2, -0.15) is 0 Å². The summed E-state index contributed by atoms with van der Waals surface area (Å²) in [5.41, 5.74) is 1.32. The van der Waals surface area contributed by atoms with Crippen molar-refractivity contribution in [3.63, 3.8) is 0 Å². The number of aliphatic hydroxyl groups is 1. The molecule has 0 fully saturated rings. The highest BCUT2D eigenvalue weighted by molar-refractivity contribution is 5.92. The zero-order valence-corrected chi connectivity index (χ0v) is 13.7. The molecule has 24 heavy (non-hydrogen) atoms. The van der Waals surface area contributed by atoms with Gasteiger partial charge in [-0.15, -0.1) is 0 Å². The molecule has 1 atom stereocenters. The lowest BCUT2D eigenvalue weighted by molar-refractivity contribution is 0.0692. The fourth-order valence-corrected chi connectivity index (χ4v) is 2.10. The number of rotatable bonds is 8. The van der Waals surface area contributed by atoms with Crippen LogP contribution in [0.4, 0.5) is 5.95 Å². The van der Waals surface area contributed by atoms with Crippen molar-refractivity contribution in [3.8, 4) is 17.0 Å². The van der Waals surface area contributed by atoms with Crippen LogP contribution in [0, 0.1) is 0 Å². The maximum absolute atomic E-state index is 11.4. The van der Waals surface area contributed by atoms with Gasteiger partial charge in [-0.3, -0.25) is 0 Å². The molecule has 1 unspecified atom stereocenters. The first-order valence-corrected chi connectivity index (χ1v) is 7.80. The van der Waals surface area contributed by atoms with Crippen LogP contribution in [0.3, 0.4) is 0 Å². The number of aromatic nitrogens is 2. The molecule has 0 amide bonds. The van der Waals surface area contributed by atoms with Gasteiger partial charge in [0.2, 0.25) is 5.95 Å². The third kappa shape index (κ3) is 4.42. The van der Waals surface area contributed by atoms with Gasteiger partial charge in [0.25, 0.3) is 0 Å². The largest absolute Gasteiger partial charge is 0.493 e. The Morgan fingerprint density at radius 3 is 2.79 bits per heavy atom. The highest BCUT2D eigenvalue weighted by Gasteiger charge is 2.14. The Morgan fingerprint density at radius 2 is 2.12 bits per heavy atom. The molecule has 0 aliphatic rings. The molecular weight excluding hydrogens is 310 g/mol. The van der Waals surface area contributed by atoms with E-state index in [0.717, 1.165) is 0 Å². The van der Waals surface area contributed by atoms with Gasteiger partial charge in [-0.25, -0.2) is 14.8 Å². The van der Waals surface area contributed by atoms with Gasteiger partial charge < -0.3 is 20.3 Å². The van der Waals surface area contributed by atoms with Crippen LogP contribution in [-0.2, 0) is 0 Å². The SMILES string of the molecule is CCOc1ccc(-c2ccnc(NCC(O)CC)n2)cc1C(=O)O. The number of nitrogens with one attached hydrogen (secondary N) is 1. The molecule has 2 aromatic rings. The van der Waals surface area contributed by atoms with Crippen molar-refractivity contribution in [1.29, 1.82) is 0 Å². The first kappa shape index (κ1) is 17.7. The number of hydrogen-bond acceptors (Lipinski definition) is 6. The van der Waals surface area contributed by atoms with Crippen LogP contribution in [0.1, 0.15) is 30.6 Å². The summed E-state index contributed by atoms with van der Waals surface area (Å²) in [7, 11) is 0. The van der Waals surface area contributed by atoms with Gasteiger partial charge >= 0.3 is 5.97 Å². The average molecular weight is 331 g/mol. The lowest BCUT2D eigenvalue weighted by Crippen LogP contribution is -2.19. The van der Waals surface area contributed by atoms with Gasteiger partial charge in [-0.05, 0) is 37.6 Å². The van der Waals surface area contributed by atoms with E-state index in [9.17, 15) is 15.0 Å². The number of nitrogens with zero attached hydrogens (tertiary/aromatic N) is 2. The molecule has 1 aromatic heterocycles. The van der Waals surface area contributed by atoms with Crippen molar-refractivity contribution < 1.29 is 19.7 Å². The number of hydrogen-bond donors (Lipinski definition) is 3. The van der Waals surface area contributed by atoms with Crippen molar-refractivity contribution in [2.24, 2.45) is 0 Å². The Morgan fingerprint density at radius 1 is 1.33 bits per heavy atom. The van der Waals surface area contributed by atoms with E-state index in [-0.39, 0.29) is 5.56 Å². The minimum Gasteiger partial charge on any atom is -0.493 e. The zero-order chi connectivity index (χ0) is 17.5. The molecule has 128 valence electrons. The number of carbonyl (C=O) groups is 1. The predicted molar refractivity (Wildman–Crippen MR) is 90.4 cm³/mol. The summed E-state index contributed by atoms with van der Waals surface area (Å²) in [6, 6.07) is 6.60. The average Bonchev–Trinajstić information content (AvgIpc) is 2.60. The lowest BCUT2D eigenvalue weighted by atomic mass is 10.1. The van der Waals surface area contributed by atoms with Crippen LogP contribution in [-0.4, -0.2) is 45.4 Å².